The third-order valence-corrected chi connectivity index (χ3v) is 4.71. The van der Waals surface area contributed by atoms with Crippen LogP contribution in [0.25, 0.3) is 10.8 Å². The highest BCUT2D eigenvalue weighted by molar-refractivity contribution is 7.16. The lowest BCUT2D eigenvalue weighted by Gasteiger charge is -2.06. The number of hydrogen-bond acceptors (Lipinski definition) is 3. The summed E-state index contributed by atoms with van der Waals surface area (Å²) < 4.78 is 0. The van der Waals surface area contributed by atoms with E-state index < -0.39 is 0 Å². The third-order valence-electron chi connectivity index (χ3n) is 3.67. The minimum atomic E-state index is 0.0150. The second-order valence-corrected chi connectivity index (χ2v) is 6.13. The summed E-state index contributed by atoms with van der Waals surface area (Å²) in [5.41, 5.74) is 8.39. The molecule has 3 heteroatoms. The van der Waals surface area contributed by atoms with Crippen molar-refractivity contribution in [2.24, 2.45) is 0 Å². The molecule has 0 fully saturated rings. The molecule has 100 valence electrons. The Labute approximate surface area is 121 Å². The van der Waals surface area contributed by atoms with Gasteiger partial charge in [-0.1, -0.05) is 42.5 Å². The molecule has 0 unspecified atom stereocenters. The molecule has 0 aliphatic rings. The quantitative estimate of drug-likeness (QED) is 0.710. The van der Waals surface area contributed by atoms with Crippen molar-refractivity contribution in [2.75, 3.05) is 5.73 Å². The van der Waals surface area contributed by atoms with Gasteiger partial charge in [0.1, 0.15) is 0 Å². The first-order valence-electron chi connectivity index (χ1n) is 6.47. The Bertz CT molecular complexity index is 812. The molecule has 1 heterocycles. The zero-order valence-electron chi connectivity index (χ0n) is 11.4. The van der Waals surface area contributed by atoms with Gasteiger partial charge in [-0.15, -0.1) is 11.3 Å². The first kappa shape index (κ1) is 12.9. The van der Waals surface area contributed by atoms with Gasteiger partial charge in [-0.05, 0) is 30.2 Å². The molecular weight excluding hydrogens is 266 g/mol. The zero-order valence-corrected chi connectivity index (χ0v) is 12.3. The van der Waals surface area contributed by atoms with Gasteiger partial charge in [0, 0.05) is 10.4 Å². The summed E-state index contributed by atoms with van der Waals surface area (Å²) in [5, 5.41) is 2.65. The maximum Gasteiger partial charge on any atom is 0.196 e. The number of rotatable bonds is 2. The number of hydrogen-bond donors (Lipinski definition) is 1. The molecular formula is C17H15NOS. The molecule has 0 saturated heterocycles. The first-order valence-corrected chi connectivity index (χ1v) is 7.29. The maximum absolute atomic E-state index is 12.8. The standard InChI is InChI=1S/C17H15NOS/c1-10-11(2)20-17(18)15(10)16(19)14-9-5-7-12-6-3-4-8-13(12)14/h3-9H,18H2,1-2H3. The van der Waals surface area contributed by atoms with Crippen LogP contribution in [0.5, 0.6) is 0 Å². The molecule has 0 spiro atoms. The molecule has 2 nitrogen and oxygen atoms in total. The van der Waals surface area contributed by atoms with Gasteiger partial charge < -0.3 is 5.73 Å². The van der Waals surface area contributed by atoms with Crippen LogP contribution in [0.1, 0.15) is 26.4 Å². The van der Waals surface area contributed by atoms with Crippen molar-refractivity contribution < 1.29 is 4.79 Å². The van der Waals surface area contributed by atoms with Crippen molar-refractivity contribution in [3.05, 3.63) is 64.0 Å². The van der Waals surface area contributed by atoms with E-state index in [0.717, 1.165) is 26.8 Å². The van der Waals surface area contributed by atoms with Crippen molar-refractivity contribution in [3.63, 3.8) is 0 Å². The molecule has 0 saturated carbocycles. The smallest absolute Gasteiger partial charge is 0.196 e. The first-order chi connectivity index (χ1) is 9.59. The van der Waals surface area contributed by atoms with E-state index in [-0.39, 0.29) is 5.78 Å². The molecule has 1 aromatic heterocycles. The van der Waals surface area contributed by atoms with Gasteiger partial charge in [0.15, 0.2) is 5.78 Å². The lowest BCUT2D eigenvalue weighted by atomic mass is 9.96. The van der Waals surface area contributed by atoms with Gasteiger partial charge in [-0.25, -0.2) is 0 Å². The average molecular weight is 281 g/mol. The predicted octanol–water partition coefficient (Wildman–Crippen LogP) is 4.33. The molecule has 3 aromatic rings. The van der Waals surface area contributed by atoms with Gasteiger partial charge in [0.05, 0.1) is 10.6 Å². The maximum atomic E-state index is 12.8. The van der Waals surface area contributed by atoms with Crippen LogP contribution in [-0.2, 0) is 0 Å². The topological polar surface area (TPSA) is 43.1 Å². The summed E-state index contributed by atoms with van der Waals surface area (Å²) in [6, 6.07) is 13.7. The molecule has 0 bridgehead atoms. The van der Waals surface area contributed by atoms with Crippen molar-refractivity contribution in [1.82, 2.24) is 0 Å². The largest absolute Gasteiger partial charge is 0.390 e. The number of carbonyl (C=O) groups excluding carboxylic acids is 1. The molecule has 0 atom stereocenters. The summed E-state index contributed by atoms with van der Waals surface area (Å²) in [7, 11) is 0. The summed E-state index contributed by atoms with van der Waals surface area (Å²) in [4.78, 5) is 13.9. The molecule has 0 amide bonds. The Morgan fingerprint density at radius 3 is 2.45 bits per heavy atom. The Morgan fingerprint density at radius 1 is 1.05 bits per heavy atom. The average Bonchev–Trinajstić information content (AvgIpc) is 2.71. The van der Waals surface area contributed by atoms with Crippen molar-refractivity contribution in [2.45, 2.75) is 13.8 Å². The zero-order chi connectivity index (χ0) is 14.3. The Balaban J connectivity index is 2.23. The van der Waals surface area contributed by atoms with Crippen LogP contribution in [0.15, 0.2) is 42.5 Å². The lowest BCUT2D eigenvalue weighted by Crippen LogP contribution is -2.05. The van der Waals surface area contributed by atoms with Gasteiger partial charge in [-0.2, -0.15) is 0 Å². The summed E-state index contributed by atoms with van der Waals surface area (Å²) in [6.07, 6.45) is 0. The normalized spacial score (nSPS) is 10.9. The van der Waals surface area contributed by atoms with Crippen molar-refractivity contribution in [3.8, 4) is 0 Å². The summed E-state index contributed by atoms with van der Waals surface area (Å²) in [6.45, 7) is 3.96. The Hall–Kier alpha value is -2.13. The van der Waals surface area contributed by atoms with Gasteiger partial charge >= 0.3 is 0 Å². The van der Waals surface area contributed by atoms with E-state index in [1.54, 1.807) is 0 Å². The highest BCUT2D eigenvalue weighted by Gasteiger charge is 2.20. The van der Waals surface area contributed by atoms with Crippen LogP contribution >= 0.6 is 11.3 Å². The fraction of sp³-hybridized carbons (Fsp3) is 0.118. The van der Waals surface area contributed by atoms with Crippen molar-refractivity contribution >= 4 is 32.9 Å². The number of carbonyl (C=O) groups is 1. The van der Waals surface area contributed by atoms with E-state index in [2.05, 4.69) is 0 Å². The van der Waals surface area contributed by atoms with Crippen LogP contribution in [0.3, 0.4) is 0 Å². The fourth-order valence-electron chi connectivity index (χ4n) is 2.49. The fourth-order valence-corrected chi connectivity index (χ4v) is 3.43. The molecule has 0 radical (unpaired) electrons. The molecule has 0 aliphatic heterocycles. The number of nitrogen functional groups attached to an aromatic ring is 1. The number of fused-ring (bicyclic) bond motifs is 1. The Morgan fingerprint density at radius 2 is 1.75 bits per heavy atom. The number of benzene rings is 2. The second kappa shape index (κ2) is 4.76. The van der Waals surface area contributed by atoms with E-state index in [9.17, 15) is 4.79 Å². The number of nitrogens with two attached hydrogens (primary N) is 1. The predicted molar refractivity (Wildman–Crippen MR) is 85.6 cm³/mol. The molecule has 2 N–H and O–H groups in total. The van der Waals surface area contributed by atoms with E-state index in [1.807, 2.05) is 56.3 Å². The summed E-state index contributed by atoms with van der Waals surface area (Å²) in [5.74, 6) is 0.0150. The number of anilines is 1. The molecule has 2 aromatic carbocycles. The van der Waals surface area contributed by atoms with Gasteiger partial charge in [-0.3, -0.25) is 4.79 Å². The number of thiophene rings is 1. The molecule has 0 aliphatic carbocycles. The molecule has 3 rings (SSSR count). The van der Waals surface area contributed by atoms with Gasteiger partial charge in [0.25, 0.3) is 0 Å². The monoisotopic (exact) mass is 281 g/mol. The summed E-state index contributed by atoms with van der Waals surface area (Å²) >= 11 is 1.48. The highest BCUT2D eigenvalue weighted by atomic mass is 32.1. The molecule has 20 heavy (non-hydrogen) atoms. The van der Waals surface area contributed by atoms with Crippen LogP contribution in [0.4, 0.5) is 5.00 Å². The van der Waals surface area contributed by atoms with E-state index in [0.29, 0.717) is 10.6 Å². The lowest BCUT2D eigenvalue weighted by molar-refractivity contribution is 0.104. The van der Waals surface area contributed by atoms with E-state index >= 15 is 0 Å². The third kappa shape index (κ3) is 1.91. The van der Waals surface area contributed by atoms with E-state index in [4.69, 9.17) is 5.73 Å². The minimum absolute atomic E-state index is 0.0150. The number of ketones is 1. The van der Waals surface area contributed by atoms with E-state index in [1.165, 1.54) is 11.3 Å². The van der Waals surface area contributed by atoms with Crippen molar-refractivity contribution in [1.29, 1.82) is 0 Å². The SMILES string of the molecule is Cc1sc(N)c(C(=O)c2cccc3ccccc23)c1C. The van der Waals surface area contributed by atoms with Crippen LogP contribution in [-0.4, -0.2) is 5.78 Å². The van der Waals surface area contributed by atoms with Crippen LogP contribution in [0, 0.1) is 13.8 Å². The number of aryl methyl sites for hydroxylation is 1. The highest BCUT2D eigenvalue weighted by Crippen LogP contribution is 2.33. The van der Waals surface area contributed by atoms with Crippen LogP contribution in [0.2, 0.25) is 0 Å². The second-order valence-electron chi connectivity index (χ2n) is 4.88. The van der Waals surface area contributed by atoms with Crippen LogP contribution < -0.4 is 5.73 Å². The minimum Gasteiger partial charge on any atom is -0.390 e. The Kier molecular flexibility index (Phi) is 3.07. The van der Waals surface area contributed by atoms with Gasteiger partial charge in [0.2, 0.25) is 0 Å².